The smallest absolute Gasteiger partial charge is 0.245 e. The number of amides is 3. The minimum absolute atomic E-state index is 0.0598. The minimum Gasteiger partial charge on any atom is -0.378 e. The van der Waals surface area contributed by atoms with Crippen LogP contribution in [0.15, 0.2) is 0 Å². The van der Waals surface area contributed by atoms with E-state index in [1.807, 2.05) is 0 Å². The molecule has 0 aromatic carbocycles. The summed E-state index contributed by atoms with van der Waals surface area (Å²) in [6.07, 6.45) is 1.19. The van der Waals surface area contributed by atoms with E-state index in [2.05, 4.69) is 0 Å². The first-order valence-electron chi connectivity index (χ1n) is 7.21. The number of ether oxygens (including phenoxy) is 1. The number of hydrogen-bond donors (Lipinski definition) is 2. The van der Waals surface area contributed by atoms with Crippen molar-refractivity contribution in [3.63, 3.8) is 0 Å². The quantitative estimate of drug-likeness (QED) is 0.624. The number of carbonyl (C=O) groups excluding carboxylic acids is 3. The van der Waals surface area contributed by atoms with Crippen molar-refractivity contribution in [2.45, 2.75) is 31.3 Å². The first kappa shape index (κ1) is 15.7. The SMILES string of the molecule is NC(=O)CC(N)C(=O)N1CCCC1C(=O)N1CCOCC1. The molecule has 2 atom stereocenters. The van der Waals surface area contributed by atoms with Crippen LogP contribution < -0.4 is 11.5 Å². The van der Waals surface area contributed by atoms with Gasteiger partial charge in [0.05, 0.1) is 25.7 Å². The van der Waals surface area contributed by atoms with Crippen LogP contribution in [-0.2, 0) is 19.1 Å². The average Bonchev–Trinajstić information content (AvgIpc) is 2.95. The summed E-state index contributed by atoms with van der Waals surface area (Å²) >= 11 is 0. The zero-order valence-electron chi connectivity index (χ0n) is 12.0. The van der Waals surface area contributed by atoms with E-state index >= 15 is 0 Å². The van der Waals surface area contributed by atoms with Crippen LogP contribution in [0.5, 0.6) is 0 Å². The molecule has 0 saturated carbocycles. The number of likely N-dealkylation sites (tertiary alicyclic amines) is 1. The molecule has 0 bridgehead atoms. The summed E-state index contributed by atoms with van der Waals surface area (Å²) in [5.74, 6) is -1.06. The highest BCUT2D eigenvalue weighted by Crippen LogP contribution is 2.21. The maximum atomic E-state index is 12.5. The Labute approximate surface area is 123 Å². The lowest BCUT2D eigenvalue weighted by molar-refractivity contribution is -0.147. The van der Waals surface area contributed by atoms with Crippen LogP contribution in [0.25, 0.3) is 0 Å². The highest BCUT2D eigenvalue weighted by atomic mass is 16.5. The molecule has 2 aliphatic heterocycles. The summed E-state index contributed by atoms with van der Waals surface area (Å²) in [7, 11) is 0. The van der Waals surface area contributed by atoms with Gasteiger partial charge in [-0.25, -0.2) is 0 Å². The van der Waals surface area contributed by atoms with Crippen molar-refractivity contribution in [1.29, 1.82) is 0 Å². The monoisotopic (exact) mass is 298 g/mol. The summed E-state index contributed by atoms with van der Waals surface area (Å²) < 4.78 is 5.22. The molecule has 3 amide bonds. The summed E-state index contributed by atoms with van der Waals surface area (Å²) in [6, 6.07) is -1.45. The van der Waals surface area contributed by atoms with E-state index in [-0.39, 0.29) is 18.2 Å². The summed E-state index contributed by atoms with van der Waals surface area (Å²) in [4.78, 5) is 38.9. The maximum absolute atomic E-state index is 12.5. The average molecular weight is 298 g/mol. The predicted octanol–water partition coefficient (Wildman–Crippen LogP) is -1.96. The van der Waals surface area contributed by atoms with Gasteiger partial charge in [0.25, 0.3) is 0 Å². The van der Waals surface area contributed by atoms with Crippen LogP contribution in [0, 0.1) is 0 Å². The van der Waals surface area contributed by atoms with Crippen molar-refractivity contribution in [3.05, 3.63) is 0 Å². The van der Waals surface area contributed by atoms with Gasteiger partial charge < -0.3 is 26.0 Å². The van der Waals surface area contributed by atoms with Gasteiger partial charge in [-0.1, -0.05) is 0 Å². The van der Waals surface area contributed by atoms with E-state index in [0.29, 0.717) is 39.3 Å². The van der Waals surface area contributed by atoms with Gasteiger partial charge in [0.1, 0.15) is 6.04 Å². The van der Waals surface area contributed by atoms with Crippen LogP contribution in [0.1, 0.15) is 19.3 Å². The second-order valence-electron chi connectivity index (χ2n) is 5.40. The van der Waals surface area contributed by atoms with E-state index in [4.69, 9.17) is 16.2 Å². The van der Waals surface area contributed by atoms with Crippen molar-refractivity contribution < 1.29 is 19.1 Å². The lowest BCUT2D eigenvalue weighted by Crippen LogP contribution is -2.54. The number of nitrogens with zero attached hydrogens (tertiary/aromatic N) is 2. The van der Waals surface area contributed by atoms with Gasteiger partial charge in [-0.15, -0.1) is 0 Å². The van der Waals surface area contributed by atoms with Gasteiger partial charge in [-0.2, -0.15) is 0 Å². The Morgan fingerprint density at radius 1 is 1.19 bits per heavy atom. The molecule has 0 aromatic rings. The van der Waals surface area contributed by atoms with E-state index < -0.39 is 18.0 Å². The Balaban J connectivity index is 2.00. The van der Waals surface area contributed by atoms with Gasteiger partial charge in [0.2, 0.25) is 17.7 Å². The summed E-state index contributed by atoms with van der Waals surface area (Å²) in [6.45, 7) is 2.63. The molecular formula is C13H22N4O4. The molecular weight excluding hydrogens is 276 g/mol. The molecule has 0 aliphatic carbocycles. The molecule has 0 aromatic heterocycles. The second-order valence-corrected chi connectivity index (χ2v) is 5.40. The highest BCUT2D eigenvalue weighted by Gasteiger charge is 2.38. The Bertz CT molecular complexity index is 422. The molecule has 2 aliphatic rings. The first-order valence-corrected chi connectivity index (χ1v) is 7.21. The van der Waals surface area contributed by atoms with Gasteiger partial charge in [0, 0.05) is 19.6 Å². The van der Waals surface area contributed by atoms with Crippen molar-refractivity contribution in [1.82, 2.24) is 9.80 Å². The number of nitrogens with two attached hydrogens (primary N) is 2. The number of primary amides is 1. The number of rotatable bonds is 4. The molecule has 2 unspecified atom stereocenters. The van der Waals surface area contributed by atoms with Crippen LogP contribution >= 0.6 is 0 Å². The normalized spacial score (nSPS) is 24.0. The number of hydrogen-bond acceptors (Lipinski definition) is 5. The van der Waals surface area contributed by atoms with Crippen LogP contribution in [0.4, 0.5) is 0 Å². The van der Waals surface area contributed by atoms with E-state index in [1.54, 1.807) is 4.90 Å². The lowest BCUT2D eigenvalue weighted by atomic mass is 10.1. The second kappa shape index (κ2) is 6.86. The molecule has 8 heteroatoms. The fraction of sp³-hybridized carbons (Fsp3) is 0.769. The predicted molar refractivity (Wildman–Crippen MR) is 73.9 cm³/mol. The maximum Gasteiger partial charge on any atom is 0.245 e. The Hall–Kier alpha value is -1.67. The van der Waals surface area contributed by atoms with Crippen LogP contribution in [-0.4, -0.2) is 72.5 Å². The van der Waals surface area contributed by atoms with Crippen molar-refractivity contribution in [3.8, 4) is 0 Å². The lowest BCUT2D eigenvalue weighted by Gasteiger charge is -2.33. The Morgan fingerprint density at radius 3 is 2.48 bits per heavy atom. The molecule has 0 spiro atoms. The largest absolute Gasteiger partial charge is 0.378 e. The third kappa shape index (κ3) is 3.70. The van der Waals surface area contributed by atoms with Gasteiger partial charge in [-0.05, 0) is 12.8 Å². The summed E-state index contributed by atoms with van der Waals surface area (Å²) in [5.41, 5.74) is 10.8. The highest BCUT2D eigenvalue weighted by molar-refractivity contribution is 5.92. The molecule has 8 nitrogen and oxygen atoms in total. The van der Waals surface area contributed by atoms with E-state index in [1.165, 1.54) is 4.90 Å². The Morgan fingerprint density at radius 2 is 1.86 bits per heavy atom. The standard InChI is InChI=1S/C13H22N4O4/c14-9(8-11(15)18)12(19)17-3-1-2-10(17)13(20)16-4-6-21-7-5-16/h9-10H,1-8,14H2,(H2,15,18). The molecule has 2 rings (SSSR count). The van der Waals surface area contributed by atoms with Gasteiger partial charge in [-0.3, -0.25) is 14.4 Å². The zero-order chi connectivity index (χ0) is 15.4. The third-order valence-corrected chi connectivity index (χ3v) is 3.88. The molecule has 4 N–H and O–H groups in total. The molecule has 2 fully saturated rings. The first-order chi connectivity index (χ1) is 10.0. The fourth-order valence-electron chi connectivity index (χ4n) is 2.80. The van der Waals surface area contributed by atoms with Gasteiger partial charge >= 0.3 is 0 Å². The molecule has 0 radical (unpaired) electrons. The third-order valence-electron chi connectivity index (χ3n) is 3.88. The Kier molecular flexibility index (Phi) is 5.13. The topological polar surface area (TPSA) is 119 Å². The van der Waals surface area contributed by atoms with Crippen LogP contribution in [0.3, 0.4) is 0 Å². The van der Waals surface area contributed by atoms with Crippen molar-refractivity contribution in [2.75, 3.05) is 32.8 Å². The van der Waals surface area contributed by atoms with Crippen LogP contribution in [0.2, 0.25) is 0 Å². The number of morpholine rings is 1. The van der Waals surface area contributed by atoms with Gasteiger partial charge in [0.15, 0.2) is 0 Å². The summed E-state index contributed by atoms with van der Waals surface area (Å²) in [5, 5.41) is 0. The fourth-order valence-corrected chi connectivity index (χ4v) is 2.80. The van der Waals surface area contributed by atoms with E-state index in [0.717, 1.165) is 6.42 Å². The zero-order valence-corrected chi connectivity index (χ0v) is 12.0. The van der Waals surface area contributed by atoms with E-state index in [9.17, 15) is 14.4 Å². The molecule has 21 heavy (non-hydrogen) atoms. The molecule has 118 valence electrons. The van der Waals surface area contributed by atoms with Crippen molar-refractivity contribution >= 4 is 17.7 Å². The number of carbonyl (C=O) groups is 3. The van der Waals surface area contributed by atoms with Crippen molar-refractivity contribution in [2.24, 2.45) is 11.5 Å². The molecule has 2 saturated heterocycles. The molecule has 2 heterocycles. The minimum atomic E-state index is -0.972.